The Labute approximate surface area is 123 Å². The van der Waals surface area contributed by atoms with Gasteiger partial charge in [0.15, 0.2) is 11.5 Å². The van der Waals surface area contributed by atoms with Crippen molar-refractivity contribution in [1.29, 1.82) is 0 Å². The molecule has 0 atom stereocenters. The lowest BCUT2D eigenvalue weighted by atomic mass is 10.2. The van der Waals surface area contributed by atoms with Gasteiger partial charge in [0.25, 0.3) is 0 Å². The Bertz CT molecular complexity index is 640. The van der Waals surface area contributed by atoms with Crippen molar-refractivity contribution in [3.63, 3.8) is 0 Å². The van der Waals surface area contributed by atoms with Gasteiger partial charge < -0.3 is 14.2 Å². The summed E-state index contributed by atoms with van der Waals surface area (Å²) < 4.78 is 16.0. The molecule has 0 aliphatic rings. The Hall–Kier alpha value is -2.56. The maximum atomic E-state index is 11.9. The zero-order chi connectivity index (χ0) is 15.2. The van der Waals surface area contributed by atoms with Gasteiger partial charge >= 0.3 is 5.97 Å². The highest BCUT2D eigenvalue weighted by Crippen LogP contribution is 2.32. The van der Waals surface area contributed by atoms with Gasteiger partial charge in [-0.1, -0.05) is 6.07 Å². The predicted octanol–water partition coefficient (Wildman–Crippen LogP) is 3.37. The molecule has 2 rings (SSSR count). The molecule has 0 radical (unpaired) electrons. The highest BCUT2D eigenvalue weighted by atomic mass is 16.5. The van der Waals surface area contributed by atoms with E-state index in [1.807, 2.05) is 19.1 Å². The zero-order valence-corrected chi connectivity index (χ0v) is 12.3. The van der Waals surface area contributed by atoms with Crippen molar-refractivity contribution in [3.8, 4) is 17.4 Å². The highest BCUT2D eigenvalue weighted by molar-refractivity contribution is 5.91. The Morgan fingerprint density at radius 3 is 2.76 bits per heavy atom. The van der Waals surface area contributed by atoms with Crippen LogP contribution < -0.4 is 9.47 Å². The summed E-state index contributed by atoms with van der Waals surface area (Å²) in [5.74, 6) is 0.799. The number of aromatic nitrogens is 1. The maximum Gasteiger partial charge on any atom is 0.343 e. The van der Waals surface area contributed by atoms with E-state index >= 15 is 0 Å². The number of hydrogen-bond acceptors (Lipinski definition) is 5. The van der Waals surface area contributed by atoms with E-state index in [0.717, 1.165) is 5.56 Å². The van der Waals surface area contributed by atoms with Crippen LogP contribution in [0.25, 0.3) is 0 Å². The van der Waals surface area contributed by atoms with Gasteiger partial charge in [-0.05, 0) is 43.7 Å². The van der Waals surface area contributed by atoms with E-state index in [2.05, 4.69) is 4.98 Å². The van der Waals surface area contributed by atoms with Crippen molar-refractivity contribution < 1.29 is 19.0 Å². The van der Waals surface area contributed by atoms with Crippen LogP contribution in [0.4, 0.5) is 0 Å². The van der Waals surface area contributed by atoms with Crippen LogP contribution in [0.2, 0.25) is 0 Å². The van der Waals surface area contributed by atoms with E-state index < -0.39 is 5.97 Å². The van der Waals surface area contributed by atoms with Crippen LogP contribution in [0.15, 0.2) is 36.5 Å². The number of benzene rings is 1. The van der Waals surface area contributed by atoms with Gasteiger partial charge in [0.1, 0.15) is 5.56 Å². The minimum atomic E-state index is -0.466. The normalized spacial score (nSPS) is 10.0. The van der Waals surface area contributed by atoms with Crippen LogP contribution >= 0.6 is 0 Å². The topological polar surface area (TPSA) is 57.7 Å². The van der Waals surface area contributed by atoms with Gasteiger partial charge in [0, 0.05) is 6.20 Å². The van der Waals surface area contributed by atoms with E-state index in [-0.39, 0.29) is 11.4 Å². The summed E-state index contributed by atoms with van der Waals surface area (Å²) in [7, 11) is 1.56. The molecule has 0 amide bonds. The molecule has 0 N–H and O–H groups in total. The minimum absolute atomic E-state index is 0.193. The second kappa shape index (κ2) is 6.74. The van der Waals surface area contributed by atoms with Gasteiger partial charge in [-0.15, -0.1) is 0 Å². The second-order valence-electron chi connectivity index (χ2n) is 4.33. The first-order valence-corrected chi connectivity index (χ1v) is 6.60. The number of hydrogen-bond donors (Lipinski definition) is 0. The Morgan fingerprint density at radius 2 is 2.05 bits per heavy atom. The Balaban J connectivity index is 2.34. The lowest BCUT2D eigenvalue weighted by molar-refractivity contribution is 0.0522. The lowest BCUT2D eigenvalue weighted by Gasteiger charge is -2.12. The molecule has 2 aromatic rings. The van der Waals surface area contributed by atoms with Crippen LogP contribution in [0, 0.1) is 6.92 Å². The number of ether oxygens (including phenoxy) is 3. The second-order valence-corrected chi connectivity index (χ2v) is 4.33. The quantitative estimate of drug-likeness (QED) is 0.789. The molecular formula is C16H17NO4. The summed E-state index contributed by atoms with van der Waals surface area (Å²) in [5, 5.41) is 0. The number of nitrogens with zero attached hydrogens (tertiary/aromatic N) is 1. The maximum absolute atomic E-state index is 11.9. The molecule has 5 nitrogen and oxygen atoms in total. The predicted molar refractivity (Wildman–Crippen MR) is 78.0 cm³/mol. The number of pyridine rings is 1. The third kappa shape index (κ3) is 3.51. The van der Waals surface area contributed by atoms with Crippen LogP contribution in [-0.2, 0) is 4.74 Å². The average molecular weight is 287 g/mol. The fraction of sp³-hybridized carbons (Fsp3) is 0.250. The van der Waals surface area contributed by atoms with Gasteiger partial charge in [0.2, 0.25) is 5.88 Å². The molecule has 21 heavy (non-hydrogen) atoms. The van der Waals surface area contributed by atoms with Gasteiger partial charge in [0.05, 0.1) is 13.7 Å². The smallest absolute Gasteiger partial charge is 0.343 e. The molecule has 1 aromatic heterocycles. The summed E-state index contributed by atoms with van der Waals surface area (Å²) in [6.45, 7) is 4.00. The fourth-order valence-corrected chi connectivity index (χ4v) is 1.80. The first-order chi connectivity index (χ1) is 10.2. The number of rotatable bonds is 5. The summed E-state index contributed by atoms with van der Waals surface area (Å²) >= 11 is 0. The minimum Gasteiger partial charge on any atom is -0.493 e. The molecule has 0 saturated carbocycles. The van der Waals surface area contributed by atoms with Gasteiger partial charge in [-0.2, -0.15) is 0 Å². The molecule has 110 valence electrons. The average Bonchev–Trinajstić information content (AvgIpc) is 2.49. The molecule has 1 aromatic carbocycles. The molecule has 0 unspecified atom stereocenters. The first kappa shape index (κ1) is 14.8. The monoisotopic (exact) mass is 287 g/mol. The van der Waals surface area contributed by atoms with Crippen molar-refractivity contribution in [1.82, 2.24) is 4.98 Å². The lowest BCUT2D eigenvalue weighted by Crippen LogP contribution is -2.07. The number of carbonyl (C=O) groups is 1. The fourth-order valence-electron chi connectivity index (χ4n) is 1.80. The standard InChI is InChI=1S/C16H17NO4/c1-4-20-16(18)12-6-5-9-17-15(12)21-13-8-7-11(2)10-14(13)19-3/h5-10H,4H2,1-3H3. The van der Waals surface area contributed by atoms with E-state index in [0.29, 0.717) is 18.1 Å². The molecule has 0 aliphatic heterocycles. The number of aryl methyl sites for hydroxylation is 1. The van der Waals surface area contributed by atoms with Crippen LogP contribution in [0.5, 0.6) is 17.4 Å². The molecule has 5 heteroatoms. The number of esters is 1. The van der Waals surface area contributed by atoms with Crippen LogP contribution in [-0.4, -0.2) is 24.7 Å². The number of methoxy groups -OCH3 is 1. The summed E-state index contributed by atoms with van der Waals surface area (Å²) in [5.41, 5.74) is 1.33. The van der Waals surface area contributed by atoms with Gasteiger partial charge in [-0.3, -0.25) is 0 Å². The first-order valence-electron chi connectivity index (χ1n) is 6.60. The van der Waals surface area contributed by atoms with Crippen molar-refractivity contribution in [3.05, 3.63) is 47.7 Å². The van der Waals surface area contributed by atoms with Gasteiger partial charge in [-0.25, -0.2) is 9.78 Å². The van der Waals surface area contributed by atoms with Crippen molar-refractivity contribution in [2.75, 3.05) is 13.7 Å². The highest BCUT2D eigenvalue weighted by Gasteiger charge is 2.16. The van der Waals surface area contributed by atoms with E-state index in [4.69, 9.17) is 14.2 Å². The van der Waals surface area contributed by atoms with E-state index in [1.54, 1.807) is 38.4 Å². The summed E-state index contributed by atoms with van der Waals surface area (Å²) in [6, 6.07) is 8.79. The molecule has 0 aliphatic carbocycles. The van der Waals surface area contributed by atoms with Crippen molar-refractivity contribution >= 4 is 5.97 Å². The largest absolute Gasteiger partial charge is 0.493 e. The van der Waals surface area contributed by atoms with Crippen molar-refractivity contribution in [2.24, 2.45) is 0 Å². The third-order valence-corrected chi connectivity index (χ3v) is 2.79. The molecule has 1 heterocycles. The SMILES string of the molecule is CCOC(=O)c1cccnc1Oc1ccc(C)cc1OC. The van der Waals surface area contributed by atoms with E-state index in [1.165, 1.54) is 0 Å². The molecular weight excluding hydrogens is 270 g/mol. The molecule has 0 fully saturated rings. The zero-order valence-electron chi connectivity index (χ0n) is 12.3. The summed E-state index contributed by atoms with van der Waals surface area (Å²) in [4.78, 5) is 16.0. The summed E-state index contributed by atoms with van der Waals surface area (Å²) in [6.07, 6.45) is 1.55. The van der Waals surface area contributed by atoms with Crippen LogP contribution in [0.3, 0.4) is 0 Å². The third-order valence-electron chi connectivity index (χ3n) is 2.79. The molecule has 0 saturated heterocycles. The van der Waals surface area contributed by atoms with E-state index in [9.17, 15) is 4.79 Å². The van der Waals surface area contributed by atoms with Crippen molar-refractivity contribution in [2.45, 2.75) is 13.8 Å². The molecule has 0 bridgehead atoms. The Morgan fingerprint density at radius 1 is 1.24 bits per heavy atom. The number of carbonyl (C=O) groups excluding carboxylic acids is 1. The Kier molecular flexibility index (Phi) is 4.77. The van der Waals surface area contributed by atoms with Crippen LogP contribution in [0.1, 0.15) is 22.8 Å². The molecule has 0 spiro atoms.